The van der Waals surface area contributed by atoms with Gasteiger partial charge in [-0.05, 0) is 19.1 Å². The molecule has 0 amide bonds. The Kier molecular flexibility index (Phi) is 3.79. The lowest BCUT2D eigenvalue weighted by Gasteiger charge is -2.06. The number of Topliss-reactive ketones (excluding diaryl/α,β-unsaturated/α-hetero) is 1. The van der Waals surface area contributed by atoms with Gasteiger partial charge in [0.15, 0.2) is 5.78 Å². The smallest absolute Gasteiger partial charge is 0.328 e. The zero-order valence-electron chi connectivity index (χ0n) is 10.7. The zero-order valence-corrected chi connectivity index (χ0v) is 10.7. The molecule has 0 aliphatic carbocycles. The number of rotatable bonds is 4. The highest BCUT2D eigenvalue weighted by molar-refractivity contribution is 5.81. The molecule has 1 N–H and O–H groups in total. The average molecular weight is 276 g/mol. The van der Waals surface area contributed by atoms with Gasteiger partial charge in [-0.3, -0.25) is 24.3 Å². The lowest BCUT2D eigenvalue weighted by molar-refractivity contribution is -0.148. The van der Waals surface area contributed by atoms with Crippen LogP contribution in [0.25, 0.3) is 10.8 Å². The van der Waals surface area contributed by atoms with Crippen molar-refractivity contribution in [3.8, 4) is 0 Å². The molecule has 2 rings (SSSR count). The summed E-state index contributed by atoms with van der Waals surface area (Å²) in [5.74, 6) is -1.08. The van der Waals surface area contributed by atoms with Crippen molar-refractivity contribution in [2.75, 3.05) is 6.61 Å². The molecule has 0 spiro atoms. The standard InChI is InChI=1S/C13H12N2O5/c1-8(16)7-20-11(17)6-15-13(19)10-5-3-2-4-9(10)12(18)14-15/h2-5H,6-7H2,1H3,(H,14,18). The molecule has 7 nitrogen and oxygen atoms in total. The second-order valence-electron chi connectivity index (χ2n) is 4.24. The molecule has 0 saturated heterocycles. The minimum atomic E-state index is -0.770. The predicted molar refractivity (Wildman–Crippen MR) is 70.5 cm³/mol. The summed E-state index contributed by atoms with van der Waals surface area (Å²) in [6.07, 6.45) is 0. The normalized spacial score (nSPS) is 10.4. The topological polar surface area (TPSA) is 98.2 Å². The summed E-state index contributed by atoms with van der Waals surface area (Å²) in [6, 6.07) is 6.29. The largest absolute Gasteiger partial charge is 0.456 e. The van der Waals surface area contributed by atoms with Gasteiger partial charge in [-0.1, -0.05) is 12.1 Å². The molecule has 7 heteroatoms. The molecule has 1 aromatic carbocycles. The molecule has 0 aliphatic heterocycles. The number of hydrogen-bond acceptors (Lipinski definition) is 5. The molecule has 0 bridgehead atoms. The fraction of sp³-hybridized carbons (Fsp3) is 0.231. The number of nitrogens with one attached hydrogen (secondary N) is 1. The number of benzene rings is 1. The van der Waals surface area contributed by atoms with Crippen LogP contribution in [0.4, 0.5) is 0 Å². The average Bonchev–Trinajstić information content (AvgIpc) is 2.42. The summed E-state index contributed by atoms with van der Waals surface area (Å²) in [5.41, 5.74) is -0.973. The Labute approximate surface area is 112 Å². The quantitative estimate of drug-likeness (QED) is 0.781. The van der Waals surface area contributed by atoms with E-state index in [1.165, 1.54) is 19.1 Å². The first-order valence-electron chi connectivity index (χ1n) is 5.86. The maximum Gasteiger partial charge on any atom is 0.328 e. The molecule has 0 aliphatic rings. The van der Waals surface area contributed by atoms with Crippen LogP contribution in [0.1, 0.15) is 6.92 Å². The van der Waals surface area contributed by atoms with E-state index in [1.807, 2.05) is 0 Å². The van der Waals surface area contributed by atoms with Crippen LogP contribution < -0.4 is 11.1 Å². The van der Waals surface area contributed by atoms with Crippen molar-refractivity contribution in [3.05, 3.63) is 45.0 Å². The number of esters is 1. The number of hydrogen-bond donors (Lipinski definition) is 1. The molecular weight excluding hydrogens is 264 g/mol. The Balaban J connectivity index is 2.34. The zero-order chi connectivity index (χ0) is 14.7. The van der Waals surface area contributed by atoms with Gasteiger partial charge >= 0.3 is 5.97 Å². The molecule has 1 heterocycles. The number of H-pyrrole nitrogens is 1. The highest BCUT2D eigenvalue weighted by Gasteiger charge is 2.11. The van der Waals surface area contributed by atoms with Crippen molar-refractivity contribution in [1.82, 2.24) is 9.78 Å². The maximum atomic E-state index is 12.1. The van der Waals surface area contributed by atoms with Gasteiger partial charge in [-0.25, -0.2) is 4.68 Å². The van der Waals surface area contributed by atoms with Gasteiger partial charge in [0.1, 0.15) is 13.2 Å². The first kappa shape index (κ1) is 13.7. The molecular formula is C13H12N2O5. The van der Waals surface area contributed by atoms with Gasteiger partial charge < -0.3 is 4.74 Å². The van der Waals surface area contributed by atoms with Crippen molar-refractivity contribution in [3.63, 3.8) is 0 Å². The van der Waals surface area contributed by atoms with Gasteiger partial charge in [0.25, 0.3) is 11.1 Å². The van der Waals surface area contributed by atoms with E-state index in [0.717, 1.165) is 4.68 Å². The second kappa shape index (κ2) is 5.52. The van der Waals surface area contributed by atoms with Crippen LogP contribution in [0.5, 0.6) is 0 Å². The molecule has 0 fully saturated rings. The van der Waals surface area contributed by atoms with Crippen LogP contribution >= 0.6 is 0 Å². The fourth-order valence-corrected chi connectivity index (χ4v) is 1.71. The van der Waals surface area contributed by atoms with Crippen LogP contribution in [0.3, 0.4) is 0 Å². The summed E-state index contributed by atoms with van der Waals surface area (Å²) >= 11 is 0. The minimum absolute atomic E-state index is 0.218. The first-order valence-corrected chi connectivity index (χ1v) is 5.86. The third-order valence-corrected chi connectivity index (χ3v) is 2.61. The summed E-state index contributed by atoms with van der Waals surface area (Å²) in [4.78, 5) is 46.0. The number of carbonyl (C=O) groups excluding carboxylic acids is 2. The summed E-state index contributed by atoms with van der Waals surface area (Å²) in [7, 11) is 0. The molecule has 20 heavy (non-hydrogen) atoms. The Morgan fingerprint density at radius 2 is 1.85 bits per heavy atom. The van der Waals surface area contributed by atoms with Crippen LogP contribution in [-0.2, 0) is 20.9 Å². The summed E-state index contributed by atoms with van der Waals surface area (Å²) in [6.45, 7) is 0.467. The summed E-state index contributed by atoms with van der Waals surface area (Å²) < 4.78 is 5.51. The third-order valence-electron chi connectivity index (χ3n) is 2.61. The number of nitrogens with zero attached hydrogens (tertiary/aromatic N) is 1. The number of carbonyl (C=O) groups is 2. The van der Waals surface area contributed by atoms with Gasteiger partial charge in [0.05, 0.1) is 10.8 Å². The highest BCUT2D eigenvalue weighted by Crippen LogP contribution is 2.02. The second-order valence-corrected chi connectivity index (χ2v) is 4.24. The molecule has 0 unspecified atom stereocenters. The third kappa shape index (κ3) is 2.82. The van der Waals surface area contributed by atoms with Gasteiger partial charge in [0.2, 0.25) is 0 Å². The lowest BCUT2D eigenvalue weighted by Crippen LogP contribution is -2.33. The first-order chi connectivity index (χ1) is 9.49. The van der Waals surface area contributed by atoms with Crippen molar-refractivity contribution >= 4 is 22.5 Å². The minimum Gasteiger partial charge on any atom is -0.456 e. The van der Waals surface area contributed by atoms with Gasteiger partial charge in [-0.15, -0.1) is 0 Å². The SMILES string of the molecule is CC(=O)COC(=O)Cn1[nH]c(=O)c2ccccc2c1=O. The molecule has 1 aromatic heterocycles. The fourth-order valence-electron chi connectivity index (χ4n) is 1.71. The van der Waals surface area contributed by atoms with E-state index in [2.05, 4.69) is 9.84 Å². The molecule has 0 saturated carbocycles. The van der Waals surface area contributed by atoms with E-state index >= 15 is 0 Å². The maximum absolute atomic E-state index is 12.1. The van der Waals surface area contributed by atoms with Crippen LogP contribution in [-0.4, -0.2) is 28.1 Å². The Morgan fingerprint density at radius 3 is 2.50 bits per heavy atom. The highest BCUT2D eigenvalue weighted by atomic mass is 16.5. The van der Waals surface area contributed by atoms with Crippen LogP contribution in [0.2, 0.25) is 0 Å². The molecule has 104 valence electrons. The van der Waals surface area contributed by atoms with E-state index < -0.39 is 23.6 Å². The van der Waals surface area contributed by atoms with E-state index in [0.29, 0.717) is 0 Å². The molecule has 0 radical (unpaired) electrons. The van der Waals surface area contributed by atoms with Crippen molar-refractivity contribution in [2.24, 2.45) is 0 Å². The number of fused-ring (bicyclic) bond motifs is 1. The molecule has 2 aromatic rings. The van der Waals surface area contributed by atoms with Gasteiger partial charge in [-0.2, -0.15) is 0 Å². The van der Waals surface area contributed by atoms with E-state index in [4.69, 9.17) is 0 Å². The van der Waals surface area contributed by atoms with Crippen molar-refractivity contribution < 1.29 is 14.3 Å². The van der Waals surface area contributed by atoms with E-state index in [-0.39, 0.29) is 23.2 Å². The van der Waals surface area contributed by atoms with Crippen molar-refractivity contribution in [2.45, 2.75) is 13.5 Å². The summed E-state index contributed by atoms with van der Waals surface area (Å²) in [5, 5.41) is 2.77. The number of ether oxygens (including phenoxy) is 1. The predicted octanol–water partition coefficient (Wildman–Crippen LogP) is -0.178. The Bertz CT molecular complexity index is 787. The van der Waals surface area contributed by atoms with Crippen LogP contribution in [0.15, 0.2) is 33.9 Å². The number of aromatic nitrogens is 2. The lowest BCUT2D eigenvalue weighted by atomic mass is 10.2. The Morgan fingerprint density at radius 1 is 1.20 bits per heavy atom. The van der Waals surface area contributed by atoms with E-state index in [9.17, 15) is 19.2 Å². The monoisotopic (exact) mass is 276 g/mol. The Hall–Kier alpha value is -2.70. The van der Waals surface area contributed by atoms with Crippen molar-refractivity contribution in [1.29, 1.82) is 0 Å². The van der Waals surface area contributed by atoms with Crippen LogP contribution in [0, 0.1) is 0 Å². The van der Waals surface area contributed by atoms with Gasteiger partial charge in [0, 0.05) is 0 Å². The number of ketones is 1. The van der Waals surface area contributed by atoms with E-state index in [1.54, 1.807) is 12.1 Å². The number of aromatic amines is 1. The molecule has 0 atom stereocenters.